The van der Waals surface area contributed by atoms with Gasteiger partial charge >= 0.3 is 0 Å². The first kappa shape index (κ1) is 11.6. The lowest BCUT2D eigenvalue weighted by molar-refractivity contribution is 0.299. The molecule has 1 heterocycles. The molecule has 0 radical (unpaired) electrons. The van der Waals surface area contributed by atoms with Crippen molar-refractivity contribution in [1.82, 2.24) is 9.78 Å². The smallest absolute Gasteiger partial charge is 0.157 e. The molecule has 5 heteroatoms. The number of ether oxygens (including phenoxy) is 1. The molecule has 1 aromatic carbocycles. The van der Waals surface area contributed by atoms with Gasteiger partial charge in [0.1, 0.15) is 12.4 Å². The van der Waals surface area contributed by atoms with Gasteiger partial charge in [-0.05, 0) is 0 Å². The fourth-order valence-electron chi connectivity index (χ4n) is 1.54. The van der Waals surface area contributed by atoms with Crippen LogP contribution in [0.5, 0.6) is 5.75 Å². The lowest BCUT2D eigenvalue weighted by Crippen LogP contribution is -2.05. The predicted octanol–water partition coefficient (Wildman–Crippen LogP) is 1.60. The Balaban J connectivity index is 2.09. The largest absolute Gasteiger partial charge is 0.486 e. The second-order valence-corrected chi connectivity index (χ2v) is 3.73. The minimum absolute atomic E-state index is 0.172. The van der Waals surface area contributed by atoms with Crippen LogP contribution in [0.25, 0.3) is 0 Å². The van der Waals surface area contributed by atoms with Gasteiger partial charge in [-0.25, -0.2) is 4.39 Å². The summed E-state index contributed by atoms with van der Waals surface area (Å²) >= 11 is 0. The van der Waals surface area contributed by atoms with E-state index in [1.807, 2.05) is 0 Å². The van der Waals surface area contributed by atoms with Crippen LogP contribution in [0.15, 0.2) is 30.6 Å². The van der Waals surface area contributed by atoms with Crippen LogP contribution in [0.4, 0.5) is 4.39 Å². The van der Waals surface area contributed by atoms with Crippen LogP contribution < -0.4 is 10.5 Å². The van der Waals surface area contributed by atoms with E-state index in [4.69, 9.17) is 10.5 Å². The molecule has 4 nitrogen and oxygen atoms in total. The summed E-state index contributed by atoms with van der Waals surface area (Å²) in [5.41, 5.74) is 6.43. The van der Waals surface area contributed by atoms with Gasteiger partial charge in [0, 0.05) is 24.7 Å². The Morgan fingerprint density at radius 3 is 2.82 bits per heavy atom. The minimum atomic E-state index is -0.293. The van der Waals surface area contributed by atoms with Gasteiger partial charge in [0.05, 0.1) is 12.4 Å². The summed E-state index contributed by atoms with van der Waals surface area (Å²) in [6.45, 7) is 0.359. The van der Waals surface area contributed by atoms with Crippen molar-refractivity contribution in [3.05, 3.63) is 47.5 Å². The van der Waals surface area contributed by atoms with Crippen molar-refractivity contribution < 1.29 is 9.13 Å². The first-order valence-corrected chi connectivity index (χ1v) is 5.28. The van der Waals surface area contributed by atoms with Crippen LogP contribution in [0.3, 0.4) is 0 Å². The van der Waals surface area contributed by atoms with Gasteiger partial charge in [-0.3, -0.25) is 4.68 Å². The van der Waals surface area contributed by atoms with Crippen molar-refractivity contribution in [2.75, 3.05) is 0 Å². The number of hydrogen-bond acceptors (Lipinski definition) is 3. The first-order chi connectivity index (χ1) is 8.20. The van der Waals surface area contributed by atoms with Gasteiger partial charge in [0.2, 0.25) is 0 Å². The SMILES string of the molecule is Cn1cc(OCc2cccc(CN)c2F)cn1. The summed E-state index contributed by atoms with van der Waals surface area (Å²) in [5, 5.41) is 3.96. The number of aryl methyl sites for hydroxylation is 1. The maximum atomic E-state index is 13.8. The molecule has 0 aliphatic carbocycles. The van der Waals surface area contributed by atoms with E-state index in [1.54, 1.807) is 42.3 Å². The number of nitrogens with two attached hydrogens (primary N) is 1. The molecule has 0 saturated carbocycles. The quantitative estimate of drug-likeness (QED) is 0.875. The maximum absolute atomic E-state index is 13.8. The lowest BCUT2D eigenvalue weighted by atomic mass is 10.1. The number of nitrogens with zero attached hydrogens (tertiary/aromatic N) is 2. The molecule has 0 bridgehead atoms. The summed E-state index contributed by atoms with van der Waals surface area (Å²) < 4.78 is 20.9. The summed E-state index contributed by atoms with van der Waals surface area (Å²) in [7, 11) is 1.79. The molecule has 0 atom stereocenters. The van der Waals surface area contributed by atoms with E-state index in [1.165, 1.54) is 0 Å². The highest BCUT2D eigenvalue weighted by atomic mass is 19.1. The number of benzene rings is 1. The fourth-order valence-corrected chi connectivity index (χ4v) is 1.54. The highest BCUT2D eigenvalue weighted by molar-refractivity contribution is 5.26. The highest BCUT2D eigenvalue weighted by Gasteiger charge is 2.07. The molecule has 0 unspecified atom stereocenters. The van der Waals surface area contributed by atoms with Gasteiger partial charge in [-0.1, -0.05) is 18.2 Å². The van der Waals surface area contributed by atoms with Crippen molar-refractivity contribution in [2.45, 2.75) is 13.2 Å². The van der Waals surface area contributed by atoms with E-state index in [2.05, 4.69) is 5.10 Å². The molecule has 1 aromatic heterocycles. The second kappa shape index (κ2) is 4.97. The molecule has 0 spiro atoms. The average Bonchev–Trinajstić information content (AvgIpc) is 2.74. The summed E-state index contributed by atoms with van der Waals surface area (Å²) in [4.78, 5) is 0. The van der Waals surface area contributed by atoms with Crippen molar-refractivity contribution in [3.63, 3.8) is 0 Å². The molecule has 0 aliphatic heterocycles. The van der Waals surface area contributed by atoms with Crippen LogP contribution in [0.1, 0.15) is 11.1 Å². The predicted molar refractivity (Wildman–Crippen MR) is 61.8 cm³/mol. The number of aromatic nitrogens is 2. The second-order valence-electron chi connectivity index (χ2n) is 3.73. The average molecular weight is 235 g/mol. The van der Waals surface area contributed by atoms with Gasteiger partial charge < -0.3 is 10.5 Å². The van der Waals surface area contributed by atoms with Crippen molar-refractivity contribution in [1.29, 1.82) is 0 Å². The zero-order chi connectivity index (χ0) is 12.3. The van der Waals surface area contributed by atoms with E-state index in [-0.39, 0.29) is 19.0 Å². The Labute approximate surface area is 98.8 Å². The standard InChI is InChI=1S/C12H14FN3O/c1-16-7-11(6-15-16)17-8-10-4-2-3-9(5-14)12(10)13/h2-4,6-7H,5,8,14H2,1H3. The third-order valence-electron chi connectivity index (χ3n) is 2.45. The molecule has 0 aliphatic rings. The van der Waals surface area contributed by atoms with Crippen molar-refractivity contribution >= 4 is 0 Å². The molecule has 0 amide bonds. The van der Waals surface area contributed by atoms with Crippen LogP contribution in [-0.2, 0) is 20.2 Å². The maximum Gasteiger partial charge on any atom is 0.157 e. The zero-order valence-electron chi connectivity index (χ0n) is 9.56. The van der Waals surface area contributed by atoms with Gasteiger partial charge in [-0.15, -0.1) is 0 Å². The third kappa shape index (κ3) is 2.62. The number of rotatable bonds is 4. The van der Waals surface area contributed by atoms with Crippen LogP contribution in [0, 0.1) is 5.82 Å². The van der Waals surface area contributed by atoms with Crippen LogP contribution >= 0.6 is 0 Å². The summed E-state index contributed by atoms with van der Waals surface area (Å²) in [6, 6.07) is 5.13. The third-order valence-corrected chi connectivity index (χ3v) is 2.45. The topological polar surface area (TPSA) is 53.1 Å². The Morgan fingerprint density at radius 1 is 1.41 bits per heavy atom. The minimum Gasteiger partial charge on any atom is -0.486 e. The Kier molecular flexibility index (Phi) is 3.39. The molecule has 2 N–H and O–H groups in total. The van der Waals surface area contributed by atoms with Gasteiger partial charge in [0.15, 0.2) is 5.75 Å². The van der Waals surface area contributed by atoms with Crippen molar-refractivity contribution in [2.24, 2.45) is 12.8 Å². The molecular weight excluding hydrogens is 221 g/mol. The zero-order valence-corrected chi connectivity index (χ0v) is 9.56. The van der Waals surface area contributed by atoms with Gasteiger partial charge in [0.25, 0.3) is 0 Å². The fraction of sp³-hybridized carbons (Fsp3) is 0.250. The molecule has 0 fully saturated rings. The summed E-state index contributed by atoms with van der Waals surface area (Å²) in [6.07, 6.45) is 3.31. The van der Waals surface area contributed by atoms with E-state index in [9.17, 15) is 4.39 Å². The lowest BCUT2D eigenvalue weighted by Gasteiger charge is -2.07. The molecule has 0 saturated heterocycles. The molecular formula is C12H14FN3O. The van der Waals surface area contributed by atoms with Crippen LogP contribution in [0.2, 0.25) is 0 Å². The van der Waals surface area contributed by atoms with E-state index < -0.39 is 0 Å². The molecule has 90 valence electrons. The Hall–Kier alpha value is -1.88. The number of halogens is 1. The molecule has 2 rings (SSSR count). The molecule has 2 aromatic rings. The normalized spacial score (nSPS) is 10.5. The molecule has 17 heavy (non-hydrogen) atoms. The van der Waals surface area contributed by atoms with E-state index in [0.29, 0.717) is 16.9 Å². The van der Waals surface area contributed by atoms with E-state index >= 15 is 0 Å². The first-order valence-electron chi connectivity index (χ1n) is 5.28. The monoisotopic (exact) mass is 235 g/mol. The Morgan fingerprint density at radius 2 is 2.18 bits per heavy atom. The van der Waals surface area contributed by atoms with Crippen LogP contribution in [-0.4, -0.2) is 9.78 Å². The highest BCUT2D eigenvalue weighted by Crippen LogP contribution is 2.15. The summed E-state index contributed by atoms with van der Waals surface area (Å²) in [5.74, 6) is 0.323. The van der Waals surface area contributed by atoms with Crippen molar-refractivity contribution in [3.8, 4) is 5.75 Å². The Bertz CT molecular complexity index is 510. The number of hydrogen-bond donors (Lipinski definition) is 1. The van der Waals surface area contributed by atoms with Gasteiger partial charge in [-0.2, -0.15) is 5.10 Å². The van der Waals surface area contributed by atoms with E-state index in [0.717, 1.165) is 0 Å².